The van der Waals surface area contributed by atoms with Gasteiger partial charge in [0.05, 0.1) is 11.9 Å². The molecule has 0 radical (unpaired) electrons. The van der Waals surface area contributed by atoms with Gasteiger partial charge in [-0.05, 0) is 30.7 Å². The molecule has 0 spiro atoms. The van der Waals surface area contributed by atoms with Gasteiger partial charge in [0.2, 0.25) is 0 Å². The van der Waals surface area contributed by atoms with Crippen LogP contribution in [0.25, 0.3) is 17.0 Å². The summed E-state index contributed by atoms with van der Waals surface area (Å²) in [6.07, 6.45) is 5.88. The van der Waals surface area contributed by atoms with Crippen molar-refractivity contribution in [2.24, 2.45) is 5.92 Å². The van der Waals surface area contributed by atoms with Gasteiger partial charge in [0.25, 0.3) is 5.56 Å². The number of fused-ring (bicyclic) bond motifs is 1. The number of aromatic nitrogens is 5. The standard InChI is InChI=1S/C17H18N6O/c1-10(2)14-15(13-5-6-22(21-13)9-11-3-4-11)20-16-12(7-18)8-19-23(16)17(14)24/h5-6,8,10-11,20H,3-4,9H2,1-2H3. The van der Waals surface area contributed by atoms with Gasteiger partial charge < -0.3 is 4.98 Å². The van der Waals surface area contributed by atoms with Crippen LogP contribution in [-0.2, 0) is 6.54 Å². The van der Waals surface area contributed by atoms with E-state index in [9.17, 15) is 10.1 Å². The van der Waals surface area contributed by atoms with Crippen molar-refractivity contribution in [3.8, 4) is 17.5 Å². The molecule has 1 fully saturated rings. The Hall–Kier alpha value is -2.88. The molecule has 0 atom stereocenters. The van der Waals surface area contributed by atoms with E-state index in [1.54, 1.807) is 0 Å². The van der Waals surface area contributed by atoms with Gasteiger partial charge in [0.1, 0.15) is 17.3 Å². The van der Waals surface area contributed by atoms with Gasteiger partial charge in [0, 0.05) is 18.3 Å². The number of nitriles is 1. The minimum absolute atomic E-state index is 0.0106. The molecule has 1 N–H and O–H groups in total. The van der Waals surface area contributed by atoms with E-state index in [-0.39, 0.29) is 11.5 Å². The molecule has 1 aliphatic rings. The molecule has 3 heterocycles. The fourth-order valence-electron chi connectivity index (χ4n) is 3.01. The highest BCUT2D eigenvalue weighted by Gasteiger charge is 2.23. The number of rotatable bonds is 4. The Labute approximate surface area is 138 Å². The lowest BCUT2D eigenvalue weighted by atomic mass is 10.0. The highest BCUT2D eigenvalue weighted by atomic mass is 16.1. The summed E-state index contributed by atoms with van der Waals surface area (Å²) in [5.74, 6) is 0.736. The third-order valence-corrected chi connectivity index (χ3v) is 4.44. The first-order valence-electron chi connectivity index (χ1n) is 8.16. The van der Waals surface area contributed by atoms with Gasteiger partial charge in [-0.1, -0.05) is 13.8 Å². The minimum atomic E-state index is -0.202. The predicted octanol–water partition coefficient (Wildman–Crippen LogP) is 2.29. The van der Waals surface area contributed by atoms with Crippen LogP contribution in [0, 0.1) is 17.2 Å². The van der Waals surface area contributed by atoms with E-state index >= 15 is 0 Å². The maximum absolute atomic E-state index is 12.8. The van der Waals surface area contributed by atoms with Crippen LogP contribution >= 0.6 is 0 Å². The van der Waals surface area contributed by atoms with Gasteiger partial charge in [-0.3, -0.25) is 9.48 Å². The summed E-state index contributed by atoms with van der Waals surface area (Å²) in [6, 6.07) is 3.98. The quantitative estimate of drug-likeness (QED) is 0.797. The molecular formula is C17H18N6O. The van der Waals surface area contributed by atoms with Crippen molar-refractivity contribution in [2.75, 3.05) is 0 Å². The fourth-order valence-corrected chi connectivity index (χ4v) is 3.01. The molecule has 3 aromatic heterocycles. The summed E-state index contributed by atoms with van der Waals surface area (Å²) in [5, 5.41) is 17.9. The van der Waals surface area contributed by atoms with E-state index in [4.69, 9.17) is 0 Å². The van der Waals surface area contributed by atoms with Crippen LogP contribution in [0.3, 0.4) is 0 Å². The van der Waals surface area contributed by atoms with Gasteiger partial charge in [0.15, 0.2) is 5.65 Å². The number of aromatic amines is 1. The minimum Gasteiger partial charge on any atom is -0.337 e. The predicted molar refractivity (Wildman–Crippen MR) is 88.6 cm³/mol. The molecule has 0 aromatic carbocycles. The zero-order valence-corrected chi connectivity index (χ0v) is 13.7. The SMILES string of the molecule is CC(C)c1c(-c2ccn(CC3CC3)n2)[nH]c2c(C#N)cnn2c1=O. The zero-order valence-electron chi connectivity index (χ0n) is 13.7. The van der Waals surface area contributed by atoms with Gasteiger partial charge in [-0.2, -0.15) is 20.0 Å². The van der Waals surface area contributed by atoms with E-state index in [1.807, 2.05) is 30.8 Å². The molecule has 0 saturated heterocycles. The third-order valence-electron chi connectivity index (χ3n) is 4.44. The first-order valence-corrected chi connectivity index (χ1v) is 8.16. The Kier molecular flexibility index (Phi) is 3.27. The van der Waals surface area contributed by atoms with E-state index in [2.05, 4.69) is 21.3 Å². The number of nitrogens with one attached hydrogen (secondary N) is 1. The Morgan fingerprint density at radius 2 is 2.25 bits per heavy atom. The molecule has 7 heteroatoms. The van der Waals surface area contributed by atoms with E-state index < -0.39 is 0 Å². The second-order valence-corrected chi connectivity index (χ2v) is 6.67. The van der Waals surface area contributed by atoms with Crippen molar-refractivity contribution in [1.82, 2.24) is 24.4 Å². The molecule has 7 nitrogen and oxygen atoms in total. The van der Waals surface area contributed by atoms with E-state index in [0.717, 1.165) is 18.2 Å². The lowest BCUT2D eigenvalue weighted by Crippen LogP contribution is -2.22. The zero-order chi connectivity index (χ0) is 16.8. The molecule has 0 aliphatic heterocycles. The summed E-state index contributed by atoms with van der Waals surface area (Å²) in [4.78, 5) is 16.0. The van der Waals surface area contributed by atoms with Crippen LogP contribution in [0.2, 0.25) is 0 Å². The molecule has 122 valence electrons. The van der Waals surface area contributed by atoms with Crippen molar-refractivity contribution in [1.29, 1.82) is 5.26 Å². The highest BCUT2D eigenvalue weighted by Crippen LogP contribution is 2.31. The Bertz CT molecular complexity index is 1010. The van der Waals surface area contributed by atoms with Crippen LogP contribution in [0.1, 0.15) is 43.7 Å². The smallest absolute Gasteiger partial charge is 0.278 e. The van der Waals surface area contributed by atoms with Crippen LogP contribution in [0.5, 0.6) is 0 Å². The van der Waals surface area contributed by atoms with Gasteiger partial charge in [-0.15, -0.1) is 0 Å². The maximum Gasteiger partial charge on any atom is 0.278 e. The summed E-state index contributed by atoms with van der Waals surface area (Å²) in [6.45, 7) is 4.85. The van der Waals surface area contributed by atoms with Gasteiger partial charge in [-0.25, -0.2) is 0 Å². The molecule has 24 heavy (non-hydrogen) atoms. The van der Waals surface area contributed by atoms with Crippen molar-refractivity contribution in [3.05, 3.63) is 39.9 Å². The molecule has 0 bridgehead atoms. The largest absolute Gasteiger partial charge is 0.337 e. The second-order valence-electron chi connectivity index (χ2n) is 6.67. The summed E-state index contributed by atoms with van der Waals surface area (Å²) >= 11 is 0. The number of nitrogens with zero attached hydrogens (tertiary/aromatic N) is 5. The molecule has 3 aromatic rings. The maximum atomic E-state index is 12.8. The second kappa shape index (κ2) is 5.34. The third kappa shape index (κ3) is 2.31. The van der Waals surface area contributed by atoms with Crippen LogP contribution in [-0.4, -0.2) is 24.4 Å². The van der Waals surface area contributed by atoms with Crippen molar-refractivity contribution in [2.45, 2.75) is 39.2 Å². The van der Waals surface area contributed by atoms with Crippen molar-refractivity contribution in [3.63, 3.8) is 0 Å². The molecule has 0 unspecified atom stereocenters. The molecule has 0 amide bonds. The van der Waals surface area contributed by atoms with Gasteiger partial charge >= 0.3 is 0 Å². The number of hydrogen-bond acceptors (Lipinski definition) is 4. The molecular weight excluding hydrogens is 304 g/mol. The van der Waals surface area contributed by atoms with E-state index in [1.165, 1.54) is 23.6 Å². The summed E-state index contributed by atoms with van der Waals surface area (Å²) in [5.41, 5.74) is 2.59. The first-order chi connectivity index (χ1) is 11.6. The fraction of sp³-hybridized carbons (Fsp3) is 0.412. The molecule has 1 saturated carbocycles. The normalized spacial score (nSPS) is 14.4. The topological polar surface area (TPSA) is 91.8 Å². The average Bonchev–Trinajstić information content (AvgIpc) is 3.08. The lowest BCUT2D eigenvalue weighted by molar-refractivity contribution is 0.564. The molecule has 1 aliphatic carbocycles. The highest BCUT2D eigenvalue weighted by molar-refractivity contribution is 5.65. The van der Waals surface area contributed by atoms with Crippen LogP contribution < -0.4 is 5.56 Å². The Morgan fingerprint density at radius 1 is 1.46 bits per heavy atom. The van der Waals surface area contributed by atoms with Crippen molar-refractivity contribution < 1.29 is 0 Å². The summed E-state index contributed by atoms with van der Waals surface area (Å²) < 4.78 is 3.19. The Balaban J connectivity index is 1.92. The van der Waals surface area contributed by atoms with Crippen molar-refractivity contribution >= 4 is 5.65 Å². The van der Waals surface area contributed by atoms with Crippen LogP contribution in [0.15, 0.2) is 23.3 Å². The number of hydrogen-bond donors (Lipinski definition) is 1. The molecule has 4 rings (SSSR count). The average molecular weight is 322 g/mol. The monoisotopic (exact) mass is 322 g/mol. The first kappa shape index (κ1) is 14.7. The van der Waals surface area contributed by atoms with E-state index in [0.29, 0.717) is 22.5 Å². The Morgan fingerprint density at radius 3 is 2.92 bits per heavy atom. The van der Waals surface area contributed by atoms with Crippen LogP contribution in [0.4, 0.5) is 0 Å². The summed E-state index contributed by atoms with van der Waals surface area (Å²) in [7, 11) is 0. The lowest BCUT2D eigenvalue weighted by Gasteiger charge is -2.11. The number of H-pyrrole nitrogens is 1.